The summed E-state index contributed by atoms with van der Waals surface area (Å²) in [6.45, 7) is 1.48. The van der Waals surface area contributed by atoms with E-state index in [2.05, 4.69) is 17.4 Å². The fraction of sp³-hybridized carbons (Fsp3) is 0.400. The standard InChI is InChI=1S/C10H11NO2/c1-2-9-10(13-6-12-9)5-7(1)8-3-4-11-8/h1-2,5,8,11H,3-4,6H2/t8-/m0/s1. The number of benzene rings is 1. The Morgan fingerprint density at radius 1 is 1.23 bits per heavy atom. The van der Waals surface area contributed by atoms with E-state index in [0.29, 0.717) is 12.8 Å². The molecule has 0 radical (unpaired) electrons. The molecule has 0 aliphatic carbocycles. The van der Waals surface area contributed by atoms with Gasteiger partial charge in [-0.05, 0) is 30.7 Å². The van der Waals surface area contributed by atoms with Crippen LogP contribution in [0.15, 0.2) is 18.2 Å². The lowest BCUT2D eigenvalue weighted by atomic mass is 9.98. The van der Waals surface area contributed by atoms with Crippen molar-refractivity contribution in [3.63, 3.8) is 0 Å². The maximum Gasteiger partial charge on any atom is 0.231 e. The van der Waals surface area contributed by atoms with Crippen molar-refractivity contribution in [2.75, 3.05) is 13.3 Å². The van der Waals surface area contributed by atoms with Crippen LogP contribution in [0.25, 0.3) is 0 Å². The predicted molar refractivity (Wildman–Crippen MR) is 47.9 cm³/mol. The minimum Gasteiger partial charge on any atom is -0.454 e. The van der Waals surface area contributed by atoms with Gasteiger partial charge < -0.3 is 14.8 Å². The first-order valence-corrected chi connectivity index (χ1v) is 4.56. The number of ether oxygens (including phenoxy) is 2. The summed E-state index contributed by atoms with van der Waals surface area (Å²) in [4.78, 5) is 0. The van der Waals surface area contributed by atoms with E-state index in [0.717, 1.165) is 18.0 Å². The molecule has 2 heterocycles. The van der Waals surface area contributed by atoms with E-state index in [9.17, 15) is 0 Å². The lowest BCUT2D eigenvalue weighted by Crippen LogP contribution is -2.34. The molecule has 0 aromatic heterocycles. The Morgan fingerprint density at radius 3 is 2.85 bits per heavy atom. The number of hydrogen-bond donors (Lipinski definition) is 1. The Morgan fingerprint density at radius 2 is 2.08 bits per heavy atom. The third-order valence-corrected chi connectivity index (χ3v) is 2.62. The Labute approximate surface area is 76.7 Å². The van der Waals surface area contributed by atoms with Crippen LogP contribution in [0.1, 0.15) is 18.0 Å². The second-order valence-corrected chi connectivity index (χ2v) is 3.41. The van der Waals surface area contributed by atoms with Gasteiger partial charge in [0.25, 0.3) is 0 Å². The number of hydrogen-bond acceptors (Lipinski definition) is 3. The molecule has 1 aromatic carbocycles. The Bertz CT molecular complexity index is 334. The molecule has 3 rings (SSSR count). The van der Waals surface area contributed by atoms with Gasteiger partial charge >= 0.3 is 0 Å². The Kier molecular flexibility index (Phi) is 1.46. The molecular formula is C10H11NO2. The van der Waals surface area contributed by atoms with Crippen LogP contribution in [0.3, 0.4) is 0 Å². The zero-order valence-corrected chi connectivity index (χ0v) is 7.25. The van der Waals surface area contributed by atoms with Gasteiger partial charge in [-0.3, -0.25) is 0 Å². The summed E-state index contributed by atoms with van der Waals surface area (Å²) in [5.41, 5.74) is 1.30. The summed E-state index contributed by atoms with van der Waals surface area (Å²) < 4.78 is 10.6. The van der Waals surface area contributed by atoms with Crippen molar-refractivity contribution in [1.29, 1.82) is 0 Å². The molecule has 0 bridgehead atoms. The molecule has 68 valence electrons. The second kappa shape index (κ2) is 2.64. The molecule has 0 unspecified atom stereocenters. The van der Waals surface area contributed by atoms with Crippen molar-refractivity contribution in [2.24, 2.45) is 0 Å². The van der Waals surface area contributed by atoms with E-state index in [4.69, 9.17) is 9.47 Å². The van der Waals surface area contributed by atoms with Gasteiger partial charge in [0.05, 0.1) is 0 Å². The monoisotopic (exact) mass is 177 g/mol. The molecule has 3 heteroatoms. The third kappa shape index (κ3) is 1.08. The molecule has 1 fully saturated rings. The molecule has 0 amide bonds. The summed E-state index contributed by atoms with van der Waals surface area (Å²) in [6.07, 6.45) is 1.22. The average Bonchev–Trinajstić information content (AvgIpc) is 2.47. The smallest absolute Gasteiger partial charge is 0.231 e. The van der Waals surface area contributed by atoms with Gasteiger partial charge in [0.15, 0.2) is 11.5 Å². The van der Waals surface area contributed by atoms with E-state index in [-0.39, 0.29) is 0 Å². The van der Waals surface area contributed by atoms with Gasteiger partial charge in [0.1, 0.15) is 0 Å². The van der Waals surface area contributed by atoms with Crippen LogP contribution in [-0.4, -0.2) is 13.3 Å². The molecular weight excluding hydrogens is 166 g/mol. The van der Waals surface area contributed by atoms with Crippen molar-refractivity contribution in [2.45, 2.75) is 12.5 Å². The Hall–Kier alpha value is -1.22. The first kappa shape index (κ1) is 7.21. The first-order chi connectivity index (χ1) is 6.43. The van der Waals surface area contributed by atoms with E-state index in [1.165, 1.54) is 12.0 Å². The van der Waals surface area contributed by atoms with Gasteiger partial charge in [0.2, 0.25) is 6.79 Å². The lowest BCUT2D eigenvalue weighted by molar-refractivity contribution is 0.174. The number of rotatable bonds is 1. The van der Waals surface area contributed by atoms with Gasteiger partial charge in [0, 0.05) is 6.04 Å². The minimum absolute atomic E-state index is 0.358. The molecule has 1 N–H and O–H groups in total. The third-order valence-electron chi connectivity index (χ3n) is 2.62. The average molecular weight is 177 g/mol. The van der Waals surface area contributed by atoms with Crippen LogP contribution in [0, 0.1) is 0 Å². The fourth-order valence-corrected chi connectivity index (χ4v) is 1.70. The van der Waals surface area contributed by atoms with Crippen LogP contribution in [0.2, 0.25) is 0 Å². The van der Waals surface area contributed by atoms with Gasteiger partial charge in [-0.2, -0.15) is 0 Å². The zero-order chi connectivity index (χ0) is 8.67. The van der Waals surface area contributed by atoms with Crippen LogP contribution in [-0.2, 0) is 0 Å². The van der Waals surface area contributed by atoms with E-state index >= 15 is 0 Å². The van der Waals surface area contributed by atoms with Crippen molar-refractivity contribution >= 4 is 0 Å². The highest BCUT2D eigenvalue weighted by Gasteiger charge is 2.21. The quantitative estimate of drug-likeness (QED) is 0.704. The molecule has 13 heavy (non-hydrogen) atoms. The Balaban J connectivity index is 1.95. The maximum atomic E-state index is 5.31. The predicted octanol–water partition coefficient (Wildman–Crippen LogP) is 1.45. The lowest BCUT2D eigenvalue weighted by Gasteiger charge is -2.28. The summed E-state index contributed by atoms with van der Waals surface area (Å²) in [5, 5.41) is 3.36. The number of nitrogens with one attached hydrogen (secondary N) is 1. The van der Waals surface area contributed by atoms with Crippen LogP contribution < -0.4 is 14.8 Å². The molecule has 1 aromatic rings. The molecule has 2 aliphatic rings. The van der Waals surface area contributed by atoms with Crippen molar-refractivity contribution in [3.8, 4) is 11.5 Å². The normalized spacial score (nSPS) is 24.2. The molecule has 2 aliphatic heterocycles. The topological polar surface area (TPSA) is 30.5 Å². The van der Waals surface area contributed by atoms with Crippen LogP contribution >= 0.6 is 0 Å². The van der Waals surface area contributed by atoms with Gasteiger partial charge in [-0.1, -0.05) is 6.07 Å². The van der Waals surface area contributed by atoms with Gasteiger partial charge in [-0.15, -0.1) is 0 Å². The van der Waals surface area contributed by atoms with Gasteiger partial charge in [-0.25, -0.2) is 0 Å². The van der Waals surface area contributed by atoms with Crippen LogP contribution in [0.5, 0.6) is 11.5 Å². The molecule has 0 spiro atoms. The van der Waals surface area contributed by atoms with Crippen molar-refractivity contribution < 1.29 is 9.47 Å². The minimum atomic E-state index is 0.358. The molecule has 1 saturated heterocycles. The highest BCUT2D eigenvalue weighted by molar-refractivity contribution is 5.45. The van der Waals surface area contributed by atoms with E-state index in [1.807, 2.05) is 6.07 Å². The summed E-state index contributed by atoms with van der Waals surface area (Å²) in [7, 11) is 0. The molecule has 0 saturated carbocycles. The molecule has 3 nitrogen and oxygen atoms in total. The fourth-order valence-electron chi connectivity index (χ4n) is 1.70. The van der Waals surface area contributed by atoms with Crippen molar-refractivity contribution in [1.82, 2.24) is 5.32 Å². The largest absolute Gasteiger partial charge is 0.454 e. The first-order valence-electron chi connectivity index (χ1n) is 4.56. The highest BCUT2D eigenvalue weighted by atomic mass is 16.7. The maximum absolute atomic E-state index is 5.31. The molecule has 1 atom stereocenters. The summed E-state index contributed by atoms with van der Waals surface area (Å²) >= 11 is 0. The number of fused-ring (bicyclic) bond motifs is 1. The highest BCUT2D eigenvalue weighted by Crippen LogP contribution is 2.35. The van der Waals surface area contributed by atoms with E-state index in [1.54, 1.807) is 0 Å². The summed E-state index contributed by atoms with van der Waals surface area (Å²) in [5.74, 6) is 1.74. The SMILES string of the molecule is c1cc2c(cc1[C@@H]1CCN1)OCO2. The summed E-state index contributed by atoms with van der Waals surface area (Å²) in [6, 6.07) is 6.68. The van der Waals surface area contributed by atoms with E-state index < -0.39 is 0 Å². The zero-order valence-electron chi connectivity index (χ0n) is 7.25. The second-order valence-electron chi connectivity index (χ2n) is 3.41. The van der Waals surface area contributed by atoms with Crippen molar-refractivity contribution in [3.05, 3.63) is 23.8 Å². The van der Waals surface area contributed by atoms with Crippen LogP contribution in [0.4, 0.5) is 0 Å².